The van der Waals surface area contributed by atoms with Crippen LogP contribution in [0.5, 0.6) is 0 Å². The van der Waals surface area contributed by atoms with Crippen molar-refractivity contribution in [3.8, 4) is 0 Å². The van der Waals surface area contributed by atoms with Gasteiger partial charge in [0, 0.05) is 43.5 Å². The number of rotatable bonds is 5. The highest BCUT2D eigenvalue weighted by Crippen LogP contribution is 2.22. The highest BCUT2D eigenvalue weighted by Gasteiger charge is 2.31. The van der Waals surface area contributed by atoms with Gasteiger partial charge in [0.1, 0.15) is 5.82 Å². The van der Waals surface area contributed by atoms with Crippen molar-refractivity contribution in [2.45, 2.75) is 19.0 Å². The van der Waals surface area contributed by atoms with E-state index in [4.69, 9.17) is 0 Å². The topological polar surface area (TPSA) is 66.4 Å². The second-order valence-corrected chi connectivity index (χ2v) is 6.85. The van der Waals surface area contributed by atoms with Gasteiger partial charge in [-0.2, -0.15) is 0 Å². The molecular weight excluding hydrogens is 359 g/mol. The van der Waals surface area contributed by atoms with Crippen molar-refractivity contribution in [1.29, 1.82) is 0 Å². The minimum absolute atomic E-state index is 0.130. The van der Waals surface area contributed by atoms with E-state index in [0.717, 1.165) is 10.9 Å². The molecule has 4 rings (SSSR count). The van der Waals surface area contributed by atoms with Crippen molar-refractivity contribution < 1.29 is 14.0 Å². The number of halogens is 1. The molecule has 2 heterocycles. The lowest BCUT2D eigenvalue weighted by Gasteiger charge is -2.17. The van der Waals surface area contributed by atoms with Gasteiger partial charge in [0.15, 0.2) is 0 Å². The summed E-state index contributed by atoms with van der Waals surface area (Å²) in [6.45, 7) is 1.46. The van der Waals surface area contributed by atoms with E-state index in [1.54, 1.807) is 12.1 Å². The summed E-state index contributed by atoms with van der Waals surface area (Å²) in [5.74, 6) is -0.522. The van der Waals surface area contributed by atoms with Crippen LogP contribution in [-0.4, -0.2) is 35.6 Å². The van der Waals surface area contributed by atoms with Gasteiger partial charge in [-0.3, -0.25) is 4.79 Å². The maximum Gasteiger partial charge on any atom is 0.315 e. The van der Waals surface area contributed by atoms with Crippen LogP contribution in [0.15, 0.2) is 60.8 Å². The zero-order valence-electron chi connectivity index (χ0n) is 15.3. The first-order valence-corrected chi connectivity index (χ1v) is 9.24. The summed E-state index contributed by atoms with van der Waals surface area (Å²) in [7, 11) is 0. The molecule has 28 heavy (non-hydrogen) atoms. The molecule has 1 fully saturated rings. The molecule has 3 amide bonds. The molecule has 0 saturated carbocycles. The first-order valence-electron chi connectivity index (χ1n) is 9.24. The van der Waals surface area contributed by atoms with Crippen LogP contribution in [0.4, 0.5) is 14.9 Å². The van der Waals surface area contributed by atoms with Crippen LogP contribution < -0.4 is 15.5 Å². The van der Waals surface area contributed by atoms with Gasteiger partial charge in [-0.05, 0) is 35.7 Å². The van der Waals surface area contributed by atoms with Gasteiger partial charge >= 0.3 is 6.03 Å². The number of hydrogen-bond donors (Lipinski definition) is 2. The molecule has 1 unspecified atom stereocenters. The maximum atomic E-state index is 13.4. The molecule has 2 aromatic carbocycles. The van der Waals surface area contributed by atoms with Gasteiger partial charge < -0.3 is 20.1 Å². The lowest BCUT2D eigenvalue weighted by Crippen LogP contribution is -2.44. The molecule has 144 valence electrons. The normalized spacial score (nSPS) is 16.5. The number of anilines is 1. The molecule has 0 aliphatic carbocycles. The molecule has 1 saturated heterocycles. The Bertz CT molecular complexity index is 1020. The van der Waals surface area contributed by atoms with Crippen molar-refractivity contribution in [3.63, 3.8) is 0 Å². The first-order chi connectivity index (χ1) is 13.6. The quantitative estimate of drug-likeness (QED) is 0.715. The minimum atomic E-state index is -0.392. The Hall–Kier alpha value is -3.35. The van der Waals surface area contributed by atoms with E-state index in [0.29, 0.717) is 25.3 Å². The lowest BCUT2D eigenvalue weighted by molar-refractivity contribution is -0.117. The molecule has 1 aromatic heterocycles. The van der Waals surface area contributed by atoms with E-state index >= 15 is 0 Å². The second kappa shape index (κ2) is 7.72. The highest BCUT2D eigenvalue weighted by atomic mass is 19.1. The van der Waals surface area contributed by atoms with E-state index in [1.165, 1.54) is 17.0 Å². The summed E-state index contributed by atoms with van der Waals surface area (Å²) in [4.78, 5) is 25.9. The number of nitrogens with zero attached hydrogens (tertiary/aromatic N) is 2. The zero-order valence-corrected chi connectivity index (χ0v) is 15.3. The third-order valence-corrected chi connectivity index (χ3v) is 4.90. The number of benzene rings is 2. The van der Waals surface area contributed by atoms with Gasteiger partial charge in [0.2, 0.25) is 5.91 Å². The summed E-state index contributed by atoms with van der Waals surface area (Å²) < 4.78 is 15.5. The minimum Gasteiger partial charge on any atom is -0.346 e. The van der Waals surface area contributed by atoms with Crippen LogP contribution in [0.1, 0.15) is 6.42 Å². The Morgan fingerprint density at radius 3 is 2.86 bits per heavy atom. The van der Waals surface area contributed by atoms with Crippen molar-refractivity contribution in [1.82, 2.24) is 15.2 Å². The van der Waals surface area contributed by atoms with E-state index in [2.05, 4.69) is 15.2 Å². The monoisotopic (exact) mass is 380 g/mol. The van der Waals surface area contributed by atoms with Crippen LogP contribution in [0.2, 0.25) is 0 Å². The molecule has 7 heteroatoms. The lowest BCUT2D eigenvalue weighted by atomic mass is 10.2. The number of amides is 3. The largest absolute Gasteiger partial charge is 0.346 e. The fourth-order valence-electron chi connectivity index (χ4n) is 3.56. The molecule has 0 radical (unpaired) electrons. The fraction of sp³-hybridized carbons (Fsp3) is 0.238. The van der Waals surface area contributed by atoms with Crippen molar-refractivity contribution in [2.75, 3.05) is 18.0 Å². The summed E-state index contributed by atoms with van der Waals surface area (Å²) in [5.41, 5.74) is 1.63. The number of hydrogen-bond acceptors (Lipinski definition) is 2. The summed E-state index contributed by atoms with van der Waals surface area (Å²) in [5, 5.41) is 6.82. The van der Waals surface area contributed by atoms with Crippen LogP contribution in [0.3, 0.4) is 0 Å². The summed E-state index contributed by atoms with van der Waals surface area (Å²) in [6, 6.07) is 15.4. The first kappa shape index (κ1) is 18.0. The standard InChI is InChI=1S/C21H21FN4O2/c22-16-5-3-6-18(12-16)26-14-17(13-20(26)27)24-21(28)23-9-11-25-10-8-15-4-1-2-7-19(15)25/h1-8,10,12,17H,9,11,13-14H2,(H2,23,24,28). The fourth-order valence-corrected chi connectivity index (χ4v) is 3.56. The summed E-state index contributed by atoms with van der Waals surface area (Å²) >= 11 is 0. The Kier molecular flexibility index (Phi) is 4.97. The number of nitrogens with one attached hydrogen (secondary N) is 2. The van der Waals surface area contributed by atoms with Gasteiger partial charge in [-0.15, -0.1) is 0 Å². The molecule has 0 spiro atoms. The Morgan fingerprint density at radius 1 is 1.14 bits per heavy atom. The molecule has 3 aromatic rings. The Labute approximate surface area is 161 Å². The van der Waals surface area contributed by atoms with E-state index in [1.807, 2.05) is 36.5 Å². The molecule has 1 atom stereocenters. The number of para-hydroxylation sites is 1. The third kappa shape index (κ3) is 3.83. The summed E-state index contributed by atoms with van der Waals surface area (Å²) in [6.07, 6.45) is 2.20. The Morgan fingerprint density at radius 2 is 2.00 bits per heavy atom. The SMILES string of the molecule is O=C(NCCn1ccc2ccccc21)NC1CC(=O)N(c2cccc(F)c2)C1. The number of aromatic nitrogens is 1. The highest BCUT2D eigenvalue weighted by molar-refractivity contribution is 5.96. The van der Waals surface area contributed by atoms with Gasteiger partial charge in [-0.25, -0.2) is 9.18 Å². The average Bonchev–Trinajstić information content (AvgIpc) is 3.25. The van der Waals surface area contributed by atoms with Crippen LogP contribution in [0.25, 0.3) is 10.9 Å². The molecule has 6 nitrogen and oxygen atoms in total. The van der Waals surface area contributed by atoms with Gasteiger partial charge in [-0.1, -0.05) is 24.3 Å². The van der Waals surface area contributed by atoms with Crippen molar-refractivity contribution in [2.24, 2.45) is 0 Å². The van der Waals surface area contributed by atoms with E-state index in [-0.39, 0.29) is 24.4 Å². The molecule has 2 N–H and O–H groups in total. The predicted molar refractivity (Wildman–Crippen MR) is 106 cm³/mol. The second-order valence-electron chi connectivity index (χ2n) is 6.85. The number of carbonyl (C=O) groups excluding carboxylic acids is 2. The molecular formula is C21H21FN4O2. The van der Waals surface area contributed by atoms with Crippen LogP contribution in [-0.2, 0) is 11.3 Å². The number of fused-ring (bicyclic) bond motifs is 1. The average molecular weight is 380 g/mol. The number of urea groups is 1. The van der Waals surface area contributed by atoms with Gasteiger partial charge in [0.05, 0.1) is 6.04 Å². The number of carbonyl (C=O) groups is 2. The third-order valence-electron chi connectivity index (χ3n) is 4.90. The Balaban J connectivity index is 1.28. The van der Waals surface area contributed by atoms with Crippen LogP contribution >= 0.6 is 0 Å². The smallest absolute Gasteiger partial charge is 0.315 e. The zero-order chi connectivity index (χ0) is 19.5. The molecule has 0 bridgehead atoms. The van der Waals surface area contributed by atoms with E-state index in [9.17, 15) is 14.0 Å². The molecule has 1 aliphatic heterocycles. The van der Waals surface area contributed by atoms with Crippen molar-refractivity contribution in [3.05, 3.63) is 66.6 Å². The van der Waals surface area contributed by atoms with E-state index < -0.39 is 5.82 Å². The van der Waals surface area contributed by atoms with Crippen LogP contribution in [0, 0.1) is 5.82 Å². The molecule has 1 aliphatic rings. The predicted octanol–water partition coefficient (Wildman–Crippen LogP) is 2.89. The maximum absolute atomic E-state index is 13.4. The van der Waals surface area contributed by atoms with Gasteiger partial charge in [0.25, 0.3) is 0 Å². The van der Waals surface area contributed by atoms with Crippen molar-refractivity contribution >= 4 is 28.5 Å².